The number of aromatic nitrogens is 1. The molecule has 1 amide bonds. The molecule has 1 heterocycles. The zero-order valence-corrected chi connectivity index (χ0v) is 37.5. The molecule has 0 radical (unpaired) electrons. The molecule has 6 aromatic rings. The van der Waals surface area contributed by atoms with Gasteiger partial charge in [0.15, 0.2) is 12.3 Å². The van der Waals surface area contributed by atoms with Crippen LogP contribution < -0.4 is 19.4 Å². The van der Waals surface area contributed by atoms with Gasteiger partial charge in [-0.2, -0.15) is 13.0 Å². The Morgan fingerprint density at radius 1 is 0.807 bits per heavy atom. The van der Waals surface area contributed by atoms with Gasteiger partial charge in [0.2, 0.25) is 11.0 Å². The van der Waals surface area contributed by atoms with Crippen LogP contribution in [0, 0.1) is 24.6 Å². The van der Waals surface area contributed by atoms with Crippen molar-refractivity contribution in [2.45, 2.75) is 39.3 Å². The van der Waals surface area contributed by atoms with Crippen molar-refractivity contribution in [3.63, 3.8) is 0 Å². The zero-order chi connectivity index (χ0) is 41.2. The van der Waals surface area contributed by atoms with Gasteiger partial charge in [-0.05, 0) is 153 Å². The number of amides is 1. The van der Waals surface area contributed by atoms with Gasteiger partial charge in [-0.15, -0.1) is 0 Å². The third-order valence-corrected chi connectivity index (χ3v) is 12.3. The number of nitrogens with zero attached hydrogens (tertiary/aromatic N) is 1. The number of rotatable bonds is 13. The second-order valence-electron chi connectivity index (χ2n) is 13.2. The summed E-state index contributed by atoms with van der Waals surface area (Å²) >= 11 is 6.23. The minimum atomic E-state index is -4.16. The van der Waals surface area contributed by atoms with Crippen LogP contribution in [0.2, 0.25) is 0 Å². The van der Waals surface area contributed by atoms with E-state index in [2.05, 4.69) is 50.5 Å². The van der Waals surface area contributed by atoms with Gasteiger partial charge < -0.3 is 25.0 Å². The molecule has 0 saturated carbocycles. The fourth-order valence-corrected chi connectivity index (χ4v) is 9.64. The minimum absolute atomic E-state index is 0.00233. The molecule has 4 N–H and O–H groups in total. The number of pyridine rings is 1. The molecule has 1 aromatic heterocycles. The molecule has 0 aliphatic carbocycles. The van der Waals surface area contributed by atoms with E-state index in [1.165, 1.54) is 12.1 Å². The number of esters is 1. The number of phenols is 1. The lowest BCUT2D eigenvalue weighted by Crippen LogP contribution is -2.42. The SMILES string of the molecule is Cc1cc(C(=O)NC(Cc2cc(I)c(Oc3ccc(O)c(I)c3)c(I)c2)C(=O)O)cc(C)c1OC(=O)c1c2ccccc2[n+](CCCS(=O)(=O)O)c2ccccc12. The van der Waals surface area contributed by atoms with E-state index in [1.54, 1.807) is 68.4 Å². The summed E-state index contributed by atoms with van der Waals surface area (Å²) in [7, 11) is -4.16. The van der Waals surface area contributed by atoms with Gasteiger partial charge in [0, 0.05) is 30.5 Å². The van der Waals surface area contributed by atoms with E-state index in [9.17, 15) is 37.6 Å². The van der Waals surface area contributed by atoms with Crippen LogP contribution in [0.3, 0.4) is 0 Å². The maximum atomic E-state index is 14.1. The number of aromatic hydroxyl groups is 1. The number of carbonyl (C=O) groups excluding carboxylic acids is 2. The monoisotopic (exact) mass is 1130 g/mol. The molecule has 12 nitrogen and oxygen atoms in total. The summed E-state index contributed by atoms with van der Waals surface area (Å²) < 4.78 is 48.3. The average Bonchev–Trinajstić information content (AvgIpc) is 3.14. The maximum Gasteiger partial charge on any atom is 0.345 e. The third kappa shape index (κ3) is 9.95. The van der Waals surface area contributed by atoms with Crippen molar-refractivity contribution in [3.05, 3.63) is 130 Å². The fourth-order valence-electron chi connectivity index (χ4n) is 6.54. The molecule has 0 spiro atoms. The van der Waals surface area contributed by atoms with Crippen LogP contribution in [0.1, 0.15) is 43.8 Å². The smallest absolute Gasteiger partial charge is 0.345 e. The lowest BCUT2D eigenvalue weighted by molar-refractivity contribution is -0.645. The molecule has 294 valence electrons. The highest BCUT2D eigenvalue weighted by Crippen LogP contribution is 2.35. The molecule has 0 aliphatic heterocycles. The molecular weight excluding hydrogens is 1090 g/mol. The number of carbonyl (C=O) groups is 3. The number of hydrogen-bond acceptors (Lipinski definition) is 8. The topological polar surface area (TPSA) is 180 Å². The van der Waals surface area contributed by atoms with Crippen molar-refractivity contribution in [1.82, 2.24) is 5.32 Å². The van der Waals surface area contributed by atoms with Crippen LogP contribution in [-0.2, 0) is 27.9 Å². The van der Waals surface area contributed by atoms with Gasteiger partial charge in [-0.3, -0.25) is 9.35 Å². The third-order valence-electron chi connectivity index (χ3n) is 9.07. The molecule has 57 heavy (non-hydrogen) atoms. The number of aryl methyl sites for hydroxylation is 3. The van der Waals surface area contributed by atoms with Crippen molar-refractivity contribution >= 4 is 118 Å². The van der Waals surface area contributed by atoms with Crippen molar-refractivity contribution < 1.29 is 51.6 Å². The number of halogens is 3. The van der Waals surface area contributed by atoms with Gasteiger partial charge in [0.05, 0.1) is 32.8 Å². The highest BCUT2D eigenvalue weighted by atomic mass is 127. The number of carboxylic acid groups (broad SMARTS) is 1. The van der Waals surface area contributed by atoms with Crippen molar-refractivity contribution in [2.24, 2.45) is 0 Å². The number of hydrogen-bond donors (Lipinski definition) is 4. The van der Waals surface area contributed by atoms with Crippen LogP contribution in [0.5, 0.6) is 23.0 Å². The number of nitrogens with one attached hydrogen (secondary N) is 1. The summed E-state index contributed by atoms with van der Waals surface area (Å²) in [4.78, 5) is 40.0. The molecular formula is C41H34I3N2O10S+. The van der Waals surface area contributed by atoms with E-state index in [-0.39, 0.29) is 36.4 Å². The van der Waals surface area contributed by atoms with Gasteiger partial charge in [-0.25, -0.2) is 9.59 Å². The van der Waals surface area contributed by atoms with E-state index in [4.69, 9.17) is 9.47 Å². The summed E-state index contributed by atoms with van der Waals surface area (Å²) in [5, 5.41) is 23.8. The lowest BCUT2D eigenvalue weighted by Gasteiger charge is -2.18. The summed E-state index contributed by atoms with van der Waals surface area (Å²) in [6.07, 6.45) is 0.147. The first-order valence-electron chi connectivity index (χ1n) is 17.3. The zero-order valence-electron chi connectivity index (χ0n) is 30.3. The Balaban J connectivity index is 1.22. The molecule has 5 aromatic carbocycles. The Morgan fingerprint density at radius 2 is 1.39 bits per heavy atom. The highest BCUT2D eigenvalue weighted by molar-refractivity contribution is 14.1. The van der Waals surface area contributed by atoms with Gasteiger partial charge in [-0.1, -0.05) is 24.3 Å². The molecule has 1 atom stereocenters. The summed E-state index contributed by atoms with van der Waals surface area (Å²) in [6, 6.07) is 24.7. The van der Waals surface area contributed by atoms with E-state index < -0.39 is 39.8 Å². The van der Waals surface area contributed by atoms with E-state index in [0.717, 1.165) is 7.14 Å². The number of fused-ring (bicyclic) bond motifs is 2. The molecule has 0 fully saturated rings. The molecule has 0 aliphatic rings. The quantitative estimate of drug-likeness (QED) is 0.0220. The van der Waals surface area contributed by atoms with Crippen LogP contribution >= 0.6 is 67.8 Å². The Labute approximate surface area is 368 Å². The van der Waals surface area contributed by atoms with E-state index >= 15 is 0 Å². The highest BCUT2D eigenvalue weighted by Gasteiger charge is 2.28. The minimum Gasteiger partial charge on any atom is -0.507 e. The van der Waals surface area contributed by atoms with Crippen LogP contribution in [0.25, 0.3) is 21.8 Å². The normalized spacial score (nSPS) is 12.0. The van der Waals surface area contributed by atoms with Crippen LogP contribution in [-0.4, -0.2) is 52.8 Å². The van der Waals surface area contributed by atoms with Gasteiger partial charge >= 0.3 is 11.9 Å². The Morgan fingerprint density at radius 3 is 1.93 bits per heavy atom. The fraction of sp³-hybridized carbons (Fsp3) is 0.171. The molecule has 0 bridgehead atoms. The summed E-state index contributed by atoms with van der Waals surface area (Å²) in [5.74, 6) is -1.38. The van der Waals surface area contributed by atoms with Crippen molar-refractivity contribution in [2.75, 3.05) is 5.75 Å². The number of carboxylic acids is 1. The lowest BCUT2D eigenvalue weighted by atomic mass is 10.0. The number of ether oxygens (including phenoxy) is 2. The number of para-hydroxylation sites is 2. The number of benzene rings is 5. The van der Waals surface area contributed by atoms with Crippen molar-refractivity contribution in [1.29, 1.82) is 0 Å². The summed E-state index contributed by atoms with van der Waals surface area (Å²) in [5.41, 5.74) is 3.46. The number of aliphatic carboxylic acids is 1. The van der Waals surface area contributed by atoms with E-state index in [0.29, 0.717) is 59.1 Å². The van der Waals surface area contributed by atoms with Crippen LogP contribution in [0.4, 0.5) is 0 Å². The first kappa shape index (κ1) is 42.5. The number of phenolic OH excluding ortho intramolecular Hbond substituents is 1. The molecule has 1 unspecified atom stereocenters. The Kier molecular flexibility index (Phi) is 13.3. The molecule has 6 rings (SSSR count). The second kappa shape index (κ2) is 17.8. The Bertz CT molecular complexity index is 2600. The predicted octanol–water partition coefficient (Wildman–Crippen LogP) is 8.13. The standard InChI is InChI=1S/C41H33I3N2O10S/c1-22-16-25(39(48)45-32(40(49)50)20-24-18-30(43)38(31(44)19-24)55-26-12-13-35(47)29(42)21-26)17-23(2)37(22)56-41(51)36-27-8-3-5-10-33(27)46(14-7-15-57(52,53)54)34-11-6-4-9-28(34)36/h3-6,8-13,16-19,21,32H,7,14-15,20H2,1-2H3,(H3-,45,47,48,49,50,52,53,54)/p+1. The summed E-state index contributed by atoms with van der Waals surface area (Å²) in [6.45, 7) is 3.65. The first-order valence-corrected chi connectivity index (χ1v) is 22.1. The average molecular weight is 1130 g/mol. The maximum absolute atomic E-state index is 14.1. The van der Waals surface area contributed by atoms with E-state index in [1.807, 2.05) is 51.4 Å². The second-order valence-corrected chi connectivity index (χ2v) is 18.3. The largest absolute Gasteiger partial charge is 0.507 e. The van der Waals surface area contributed by atoms with Crippen molar-refractivity contribution in [3.8, 4) is 23.0 Å². The van der Waals surface area contributed by atoms with Crippen LogP contribution in [0.15, 0.2) is 91.0 Å². The van der Waals surface area contributed by atoms with Gasteiger partial charge in [0.1, 0.15) is 23.3 Å². The Hall–Kier alpha value is -4.12. The predicted molar refractivity (Wildman–Crippen MR) is 239 cm³/mol. The first-order chi connectivity index (χ1) is 27.0. The molecule has 16 heteroatoms. The molecule has 0 saturated heterocycles. The van der Waals surface area contributed by atoms with Gasteiger partial charge in [0.25, 0.3) is 16.0 Å².